The van der Waals surface area contributed by atoms with E-state index in [1.807, 2.05) is 11.5 Å². The second-order valence-electron chi connectivity index (χ2n) is 8.53. The number of imide groups is 1. The summed E-state index contributed by atoms with van der Waals surface area (Å²) in [4.78, 5) is 28.8. The van der Waals surface area contributed by atoms with Crippen molar-refractivity contribution in [3.8, 4) is 0 Å². The third-order valence-corrected chi connectivity index (χ3v) is 8.42. The predicted octanol–water partition coefficient (Wildman–Crippen LogP) is 3.19. The fraction of sp³-hybridized carbons (Fsp3) is 0.591. The van der Waals surface area contributed by atoms with Gasteiger partial charge in [-0.1, -0.05) is 32.0 Å². The van der Waals surface area contributed by atoms with Crippen LogP contribution in [0.15, 0.2) is 28.3 Å². The van der Waals surface area contributed by atoms with Crippen LogP contribution in [-0.4, -0.2) is 59.6 Å². The van der Waals surface area contributed by atoms with E-state index in [0.717, 1.165) is 31.2 Å². The Balaban J connectivity index is 1.68. The molecule has 0 spiro atoms. The van der Waals surface area contributed by atoms with Crippen molar-refractivity contribution in [3.05, 3.63) is 18.2 Å². The lowest BCUT2D eigenvalue weighted by molar-refractivity contribution is -0.117. The number of carbonyl (C=O) groups is 2. The lowest BCUT2D eigenvalue weighted by Crippen LogP contribution is -2.40. The molecule has 2 aromatic rings. The summed E-state index contributed by atoms with van der Waals surface area (Å²) in [6.07, 6.45) is 3.65. The Morgan fingerprint density at radius 2 is 1.91 bits per heavy atom. The Kier molecular flexibility index (Phi) is 8.77. The zero-order valence-corrected chi connectivity index (χ0v) is 21.1. The van der Waals surface area contributed by atoms with Gasteiger partial charge in [-0.15, -0.1) is 0 Å². The number of nitrogens with one attached hydrogen (secondary N) is 2. The van der Waals surface area contributed by atoms with Gasteiger partial charge in [0.2, 0.25) is 15.9 Å². The van der Waals surface area contributed by atoms with Gasteiger partial charge < -0.3 is 9.88 Å². The van der Waals surface area contributed by atoms with Crippen LogP contribution in [0.25, 0.3) is 11.0 Å². The smallest absolute Gasteiger partial charge is 0.321 e. The number of amides is 3. The van der Waals surface area contributed by atoms with E-state index in [2.05, 4.69) is 29.5 Å². The summed E-state index contributed by atoms with van der Waals surface area (Å²) in [5, 5.41) is 5.61. The van der Waals surface area contributed by atoms with Crippen molar-refractivity contribution in [3.63, 3.8) is 0 Å². The minimum Gasteiger partial charge on any atom is -0.338 e. The summed E-state index contributed by atoms with van der Waals surface area (Å²) in [7, 11) is -3.55. The van der Waals surface area contributed by atoms with Gasteiger partial charge in [0.25, 0.3) is 0 Å². The number of benzene rings is 1. The number of thioether (sulfide) groups is 1. The summed E-state index contributed by atoms with van der Waals surface area (Å²) >= 11 is 1.22. The maximum atomic E-state index is 13.0. The molecule has 1 aromatic heterocycles. The first kappa shape index (κ1) is 25.5. The van der Waals surface area contributed by atoms with Crippen LogP contribution >= 0.6 is 11.8 Å². The molecule has 3 rings (SSSR count). The number of sulfonamides is 1. The molecule has 33 heavy (non-hydrogen) atoms. The number of piperidine rings is 1. The SMILES string of the molecule is CCn1c(SCC(=O)NC(=O)NCCC(C)C)nc2cc(S(=O)(=O)N3CCCCC3)ccc21. The molecule has 3 amide bonds. The standard InChI is InChI=1S/C22H33N5O4S2/c1-4-27-19-9-8-17(33(30,31)26-12-6-5-7-13-26)14-18(19)24-22(27)32-15-20(28)25-21(29)23-11-10-16(2)3/h8-9,14,16H,4-7,10-13,15H2,1-3H3,(H2,23,25,28,29). The van der Waals surface area contributed by atoms with E-state index >= 15 is 0 Å². The third kappa shape index (κ3) is 6.48. The molecule has 1 aromatic carbocycles. The maximum Gasteiger partial charge on any atom is 0.321 e. The number of imidazole rings is 1. The molecule has 2 N–H and O–H groups in total. The molecule has 1 aliphatic rings. The minimum atomic E-state index is -3.55. The van der Waals surface area contributed by atoms with Crippen LogP contribution in [-0.2, 0) is 21.4 Å². The third-order valence-electron chi connectivity index (χ3n) is 5.55. The highest BCUT2D eigenvalue weighted by atomic mass is 32.2. The number of hydrogen-bond acceptors (Lipinski definition) is 6. The van der Waals surface area contributed by atoms with Crippen LogP contribution in [0.4, 0.5) is 4.79 Å². The summed E-state index contributed by atoms with van der Waals surface area (Å²) in [5.74, 6) is 0.0823. The van der Waals surface area contributed by atoms with Gasteiger partial charge >= 0.3 is 6.03 Å². The molecule has 0 atom stereocenters. The fourth-order valence-electron chi connectivity index (χ4n) is 3.73. The molecule has 0 saturated carbocycles. The maximum absolute atomic E-state index is 13.0. The van der Waals surface area contributed by atoms with Crippen LogP contribution < -0.4 is 10.6 Å². The first-order valence-electron chi connectivity index (χ1n) is 11.4. The van der Waals surface area contributed by atoms with Gasteiger partial charge in [-0.25, -0.2) is 18.2 Å². The van der Waals surface area contributed by atoms with E-state index in [0.29, 0.717) is 42.8 Å². The number of rotatable bonds is 9. The van der Waals surface area contributed by atoms with Crippen LogP contribution in [0, 0.1) is 5.92 Å². The van der Waals surface area contributed by atoms with E-state index in [-0.39, 0.29) is 10.6 Å². The zero-order chi connectivity index (χ0) is 24.0. The van der Waals surface area contributed by atoms with Crippen molar-refractivity contribution in [2.24, 2.45) is 5.92 Å². The first-order chi connectivity index (χ1) is 15.7. The van der Waals surface area contributed by atoms with Crippen molar-refractivity contribution < 1.29 is 18.0 Å². The highest BCUT2D eigenvalue weighted by Crippen LogP contribution is 2.28. The lowest BCUT2D eigenvalue weighted by Gasteiger charge is -2.25. The van der Waals surface area contributed by atoms with Gasteiger partial charge in [0.15, 0.2) is 5.16 Å². The summed E-state index contributed by atoms with van der Waals surface area (Å²) < 4.78 is 29.5. The zero-order valence-electron chi connectivity index (χ0n) is 19.5. The molecular weight excluding hydrogens is 462 g/mol. The molecule has 1 fully saturated rings. The number of fused-ring (bicyclic) bond motifs is 1. The van der Waals surface area contributed by atoms with Crippen molar-refractivity contribution in [2.45, 2.75) is 63.1 Å². The van der Waals surface area contributed by atoms with Crippen molar-refractivity contribution >= 4 is 44.8 Å². The quantitative estimate of drug-likeness (QED) is 0.517. The topological polar surface area (TPSA) is 113 Å². The molecule has 0 radical (unpaired) electrons. The van der Waals surface area contributed by atoms with Gasteiger partial charge in [0.1, 0.15) is 0 Å². The summed E-state index contributed by atoms with van der Waals surface area (Å²) in [6.45, 7) is 8.31. The van der Waals surface area contributed by atoms with Crippen LogP contribution in [0.2, 0.25) is 0 Å². The monoisotopic (exact) mass is 495 g/mol. The average molecular weight is 496 g/mol. The van der Waals surface area contributed by atoms with E-state index < -0.39 is 22.0 Å². The molecule has 1 aliphatic heterocycles. The Labute approximate surface area is 199 Å². The highest BCUT2D eigenvalue weighted by molar-refractivity contribution is 7.99. The lowest BCUT2D eigenvalue weighted by atomic mass is 10.1. The average Bonchev–Trinajstić information content (AvgIpc) is 3.14. The summed E-state index contributed by atoms with van der Waals surface area (Å²) in [5.41, 5.74) is 1.38. The van der Waals surface area contributed by atoms with Crippen molar-refractivity contribution in [2.75, 3.05) is 25.4 Å². The van der Waals surface area contributed by atoms with Gasteiger partial charge in [0, 0.05) is 26.2 Å². The van der Waals surface area contributed by atoms with Gasteiger partial charge in [0.05, 0.1) is 21.7 Å². The highest BCUT2D eigenvalue weighted by Gasteiger charge is 2.26. The van der Waals surface area contributed by atoms with E-state index in [4.69, 9.17) is 0 Å². The normalized spacial score (nSPS) is 15.2. The summed E-state index contributed by atoms with van der Waals surface area (Å²) in [6, 6.07) is 4.51. The molecule has 0 bridgehead atoms. The Morgan fingerprint density at radius 1 is 1.18 bits per heavy atom. The van der Waals surface area contributed by atoms with E-state index in [1.54, 1.807) is 22.5 Å². The predicted molar refractivity (Wildman–Crippen MR) is 130 cm³/mol. The minimum absolute atomic E-state index is 0.0276. The number of hydrogen-bond donors (Lipinski definition) is 2. The molecule has 9 nitrogen and oxygen atoms in total. The molecule has 182 valence electrons. The van der Waals surface area contributed by atoms with Crippen LogP contribution in [0.1, 0.15) is 46.5 Å². The second kappa shape index (κ2) is 11.3. The van der Waals surface area contributed by atoms with Gasteiger partial charge in [-0.05, 0) is 50.3 Å². The molecule has 0 aliphatic carbocycles. The van der Waals surface area contributed by atoms with Crippen molar-refractivity contribution in [1.29, 1.82) is 0 Å². The Bertz CT molecular complexity index is 1090. The van der Waals surface area contributed by atoms with Crippen molar-refractivity contribution in [1.82, 2.24) is 24.5 Å². The number of carbonyl (C=O) groups excluding carboxylic acids is 2. The van der Waals surface area contributed by atoms with E-state index in [1.165, 1.54) is 11.8 Å². The Hall–Kier alpha value is -2.11. The molecular formula is C22H33N5O4S2. The largest absolute Gasteiger partial charge is 0.338 e. The van der Waals surface area contributed by atoms with Gasteiger partial charge in [-0.2, -0.15) is 4.31 Å². The van der Waals surface area contributed by atoms with Crippen LogP contribution in [0.3, 0.4) is 0 Å². The van der Waals surface area contributed by atoms with Crippen LogP contribution in [0.5, 0.6) is 0 Å². The molecule has 11 heteroatoms. The number of aromatic nitrogens is 2. The Morgan fingerprint density at radius 3 is 2.58 bits per heavy atom. The number of urea groups is 1. The number of aryl methyl sites for hydroxylation is 1. The first-order valence-corrected chi connectivity index (χ1v) is 13.9. The number of nitrogens with zero attached hydrogens (tertiary/aromatic N) is 3. The van der Waals surface area contributed by atoms with E-state index in [9.17, 15) is 18.0 Å². The molecule has 1 saturated heterocycles. The molecule has 0 unspecified atom stereocenters. The van der Waals surface area contributed by atoms with Gasteiger partial charge in [-0.3, -0.25) is 10.1 Å². The molecule has 2 heterocycles. The fourth-order valence-corrected chi connectivity index (χ4v) is 6.15. The second-order valence-corrected chi connectivity index (χ2v) is 11.4.